The molecule has 1 saturated heterocycles. The lowest BCUT2D eigenvalue weighted by atomic mass is 10.1. The van der Waals surface area contributed by atoms with Gasteiger partial charge in [0.25, 0.3) is 5.91 Å². The highest BCUT2D eigenvalue weighted by Gasteiger charge is 2.23. The molecule has 140 valence electrons. The molecule has 6 nitrogen and oxygen atoms in total. The van der Waals surface area contributed by atoms with E-state index < -0.39 is 0 Å². The molecule has 1 aromatic carbocycles. The Morgan fingerprint density at radius 2 is 2.04 bits per heavy atom. The van der Waals surface area contributed by atoms with Crippen molar-refractivity contribution in [2.75, 3.05) is 18.8 Å². The van der Waals surface area contributed by atoms with Crippen LogP contribution in [0.2, 0.25) is 0 Å². The number of piperidine rings is 1. The van der Waals surface area contributed by atoms with Crippen LogP contribution >= 0.6 is 11.8 Å². The number of nitrogens with one attached hydrogen (secondary N) is 2. The van der Waals surface area contributed by atoms with E-state index in [1.54, 1.807) is 0 Å². The second-order valence-corrected chi connectivity index (χ2v) is 7.98. The number of carbonyl (C=O) groups excluding carboxylic acids is 1. The number of nitrogens with zero attached hydrogens (tertiary/aromatic N) is 3. The molecule has 0 radical (unpaired) electrons. The normalized spacial score (nSPS) is 16.4. The molecule has 1 aliphatic rings. The van der Waals surface area contributed by atoms with Gasteiger partial charge in [-0.3, -0.25) is 4.79 Å². The van der Waals surface area contributed by atoms with Gasteiger partial charge in [-0.05, 0) is 63.2 Å². The minimum Gasteiger partial charge on any atom is -0.344 e. The zero-order valence-corrected chi connectivity index (χ0v) is 16.5. The molecule has 2 aromatic rings. The zero-order valence-electron chi connectivity index (χ0n) is 15.7. The van der Waals surface area contributed by atoms with E-state index in [0.717, 1.165) is 42.9 Å². The summed E-state index contributed by atoms with van der Waals surface area (Å²) in [6, 6.07) is 8.59. The van der Waals surface area contributed by atoms with Crippen molar-refractivity contribution in [3.63, 3.8) is 0 Å². The molecule has 0 aliphatic carbocycles. The minimum atomic E-state index is -0.165. The summed E-state index contributed by atoms with van der Waals surface area (Å²) in [7, 11) is 0. The largest absolute Gasteiger partial charge is 0.344 e. The van der Waals surface area contributed by atoms with Crippen LogP contribution in [0.5, 0.6) is 0 Å². The molecule has 2 heterocycles. The van der Waals surface area contributed by atoms with E-state index in [2.05, 4.69) is 52.1 Å². The highest BCUT2D eigenvalue weighted by molar-refractivity contribution is 7.99. The molecule has 1 unspecified atom stereocenters. The lowest BCUT2D eigenvalue weighted by Gasteiger charge is -2.23. The van der Waals surface area contributed by atoms with Gasteiger partial charge >= 0.3 is 0 Å². The number of rotatable bonds is 6. The molecule has 26 heavy (non-hydrogen) atoms. The predicted octanol–water partition coefficient (Wildman–Crippen LogP) is 3.11. The predicted molar refractivity (Wildman–Crippen MR) is 105 cm³/mol. The van der Waals surface area contributed by atoms with Crippen LogP contribution in [0.1, 0.15) is 60.5 Å². The van der Waals surface area contributed by atoms with Crippen LogP contribution in [-0.4, -0.2) is 39.7 Å². The van der Waals surface area contributed by atoms with Crippen LogP contribution in [0.25, 0.3) is 0 Å². The van der Waals surface area contributed by atoms with E-state index in [1.807, 2.05) is 30.3 Å². The Balaban J connectivity index is 1.66. The molecule has 1 atom stereocenters. The Labute approximate surface area is 159 Å². The summed E-state index contributed by atoms with van der Waals surface area (Å²) in [6.45, 7) is 8.02. The van der Waals surface area contributed by atoms with Crippen LogP contribution in [0.15, 0.2) is 29.2 Å². The van der Waals surface area contributed by atoms with Crippen LogP contribution in [0, 0.1) is 6.92 Å². The average molecular weight is 374 g/mol. The second-order valence-electron chi connectivity index (χ2n) is 6.65. The fourth-order valence-corrected chi connectivity index (χ4v) is 3.98. The van der Waals surface area contributed by atoms with Gasteiger partial charge in [0.15, 0.2) is 5.69 Å². The summed E-state index contributed by atoms with van der Waals surface area (Å²) < 4.78 is 1.91. The van der Waals surface area contributed by atoms with Gasteiger partial charge in [-0.2, -0.15) is 0 Å². The van der Waals surface area contributed by atoms with E-state index >= 15 is 0 Å². The third kappa shape index (κ3) is 4.27. The lowest BCUT2D eigenvalue weighted by Crippen LogP contribution is -2.31. The topological polar surface area (TPSA) is 71.8 Å². The third-order valence-corrected chi connectivity index (χ3v) is 5.73. The van der Waals surface area contributed by atoms with Crippen molar-refractivity contribution in [2.45, 2.75) is 50.6 Å². The minimum absolute atomic E-state index is 0.0772. The summed E-state index contributed by atoms with van der Waals surface area (Å²) in [4.78, 5) is 13.9. The molecule has 1 fully saturated rings. The van der Waals surface area contributed by atoms with Crippen molar-refractivity contribution in [1.29, 1.82) is 0 Å². The maximum Gasteiger partial charge on any atom is 0.274 e. The molecule has 7 heteroatoms. The van der Waals surface area contributed by atoms with Crippen molar-refractivity contribution in [3.05, 3.63) is 41.2 Å². The SMILES string of the molecule is CCSc1ccc(C(C)NC(=O)c2nnn(C3CCNCC3)c2C)cc1. The van der Waals surface area contributed by atoms with Crippen molar-refractivity contribution >= 4 is 17.7 Å². The second kappa shape index (κ2) is 8.68. The molecule has 3 rings (SSSR count). The first-order valence-corrected chi connectivity index (χ1v) is 10.2. The summed E-state index contributed by atoms with van der Waals surface area (Å²) in [5.41, 5.74) is 2.35. The maximum atomic E-state index is 12.7. The Morgan fingerprint density at radius 3 is 2.69 bits per heavy atom. The third-order valence-electron chi connectivity index (χ3n) is 4.84. The molecular formula is C19H27N5OS. The molecule has 1 aliphatic heterocycles. The summed E-state index contributed by atoms with van der Waals surface area (Å²) in [5.74, 6) is 0.889. The average Bonchev–Trinajstić information content (AvgIpc) is 3.05. The monoisotopic (exact) mass is 373 g/mol. The van der Waals surface area contributed by atoms with Gasteiger partial charge < -0.3 is 10.6 Å². The van der Waals surface area contributed by atoms with E-state index in [9.17, 15) is 4.79 Å². The molecule has 1 aromatic heterocycles. The lowest BCUT2D eigenvalue weighted by molar-refractivity contribution is 0.0934. The Bertz CT molecular complexity index is 737. The fraction of sp³-hybridized carbons (Fsp3) is 0.526. The summed E-state index contributed by atoms with van der Waals surface area (Å²) in [6.07, 6.45) is 2.04. The van der Waals surface area contributed by atoms with Gasteiger partial charge in [0.05, 0.1) is 17.8 Å². The van der Waals surface area contributed by atoms with Gasteiger partial charge in [0.2, 0.25) is 0 Å². The molecule has 0 spiro atoms. The Kier molecular flexibility index (Phi) is 6.32. The number of aromatic nitrogens is 3. The standard InChI is InChI=1S/C19H27N5OS/c1-4-26-17-7-5-15(6-8-17)13(2)21-19(25)18-14(3)24(23-22-18)16-9-11-20-12-10-16/h5-8,13,16,20H,4,9-12H2,1-3H3,(H,21,25). The Hall–Kier alpha value is -1.86. The fourth-order valence-electron chi connectivity index (χ4n) is 3.32. The molecule has 2 N–H and O–H groups in total. The smallest absolute Gasteiger partial charge is 0.274 e. The van der Waals surface area contributed by atoms with Crippen molar-refractivity contribution in [2.24, 2.45) is 0 Å². The first-order valence-electron chi connectivity index (χ1n) is 9.26. The van der Waals surface area contributed by atoms with Gasteiger partial charge in [-0.15, -0.1) is 16.9 Å². The van der Waals surface area contributed by atoms with E-state index in [0.29, 0.717) is 11.7 Å². The van der Waals surface area contributed by atoms with Crippen LogP contribution in [0.4, 0.5) is 0 Å². The van der Waals surface area contributed by atoms with E-state index in [-0.39, 0.29) is 11.9 Å². The van der Waals surface area contributed by atoms with Gasteiger partial charge in [-0.25, -0.2) is 4.68 Å². The van der Waals surface area contributed by atoms with Crippen molar-refractivity contribution in [1.82, 2.24) is 25.6 Å². The van der Waals surface area contributed by atoms with Gasteiger partial charge in [0, 0.05) is 4.90 Å². The zero-order chi connectivity index (χ0) is 18.5. The number of thioether (sulfide) groups is 1. The molecule has 1 amide bonds. The first-order chi connectivity index (χ1) is 12.6. The quantitative estimate of drug-likeness (QED) is 0.761. The van der Waals surface area contributed by atoms with Crippen molar-refractivity contribution < 1.29 is 4.79 Å². The highest BCUT2D eigenvalue weighted by atomic mass is 32.2. The number of hydrogen-bond donors (Lipinski definition) is 2. The van der Waals surface area contributed by atoms with Crippen LogP contribution in [-0.2, 0) is 0 Å². The van der Waals surface area contributed by atoms with Crippen molar-refractivity contribution in [3.8, 4) is 0 Å². The van der Waals surface area contributed by atoms with Gasteiger partial charge in [-0.1, -0.05) is 24.3 Å². The molecule has 0 bridgehead atoms. The highest BCUT2D eigenvalue weighted by Crippen LogP contribution is 2.22. The molecule has 0 saturated carbocycles. The summed E-state index contributed by atoms with van der Waals surface area (Å²) in [5, 5.41) is 14.8. The maximum absolute atomic E-state index is 12.7. The number of amides is 1. The van der Waals surface area contributed by atoms with E-state index in [1.165, 1.54) is 4.90 Å². The summed E-state index contributed by atoms with van der Waals surface area (Å²) >= 11 is 1.81. The van der Waals surface area contributed by atoms with Crippen LogP contribution < -0.4 is 10.6 Å². The molecular weight excluding hydrogens is 346 g/mol. The Morgan fingerprint density at radius 1 is 1.35 bits per heavy atom. The number of benzene rings is 1. The van der Waals surface area contributed by atoms with Crippen LogP contribution in [0.3, 0.4) is 0 Å². The van der Waals surface area contributed by atoms with E-state index in [4.69, 9.17) is 0 Å². The number of carbonyl (C=O) groups is 1. The number of hydrogen-bond acceptors (Lipinski definition) is 5. The first kappa shape index (κ1) is 18.9. The van der Waals surface area contributed by atoms with Gasteiger partial charge in [0.1, 0.15) is 0 Å².